The summed E-state index contributed by atoms with van der Waals surface area (Å²) in [4.78, 5) is 5.21. The van der Waals surface area contributed by atoms with Crippen molar-refractivity contribution >= 4 is 6.08 Å². The van der Waals surface area contributed by atoms with Crippen molar-refractivity contribution in [1.82, 2.24) is 9.80 Å². The minimum Gasteiger partial charge on any atom is -0.383 e. The van der Waals surface area contributed by atoms with Crippen molar-refractivity contribution in [3.63, 3.8) is 0 Å². The highest BCUT2D eigenvalue weighted by molar-refractivity contribution is 5.48. The van der Waals surface area contributed by atoms with Crippen LogP contribution >= 0.6 is 0 Å². The van der Waals surface area contributed by atoms with Crippen molar-refractivity contribution in [3.05, 3.63) is 42.0 Å². The summed E-state index contributed by atoms with van der Waals surface area (Å²) in [6.45, 7) is 6.74. The summed E-state index contributed by atoms with van der Waals surface area (Å²) in [6.07, 6.45) is 5.91. The zero-order chi connectivity index (χ0) is 14.5. The Morgan fingerprint density at radius 1 is 1.24 bits per heavy atom. The van der Waals surface area contributed by atoms with E-state index < -0.39 is 0 Å². The number of methoxy groups -OCH3 is 1. The first-order valence-electron chi connectivity index (χ1n) is 8.04. The number of rotatable bonds is 6. The minimum atomic E-state index is 0.752. The lowest BCUT2D eigenvalue weighted by molar-refractivity contribution is 0.152. The van der Waals surface area contributed by atoms with Crippen LogP contribution in [0.25, 0.3) is 6.08 Å². The quantitative estimate of drug-likeness (QED) is 0.798. The van der Waals surface area contributed by atoms with E-state index in [1.54, 1.807) is 7.11 Å². The molecule has 0 saturated carbocycles. The molecule has 114 valence electrons. The highest BCUT2D eigenvalue weighted by Crippen LogP contribution is 2.31. The van der Waals surface area contributed by atoms with Gasteiger partial charge in [0.05, 0.1) is 6.61 Å². The highest BCUT2D eigenvalue weighted by atomic mass is 16.5. The fourth-order valence-corrected chi connectivity index (χ4v) is 3.65. The fourth-order valence-electron chi connectivity index (χ4n) is 3.65. The van der Waals surface area contributed by atoms with Crippen molar-refractivity contribution < 1.29 is 4.74 Å². The van der Waals surface area contributed by atoms with Crippen LogP contribution in [0, 0.1) is 5.92 Å². The maximum absolute atomic E-state index is 5.20. The third-order valence-electron chi connectivity index (χ3n) is 4.80. The molecule has 2 heterocycles. The number of ether oxygens (including phenoxy) is 1. The minimum absolute atomic E-state index is 0.752. The van der Waals surface area contributed by atoms with Crippen LogP contribution in [-0.2, 0) is 4.74 Å². The molecule has 0 aliphatic carbocycles. The zero-order valence-electron chi connectivity index (χ0n) is 12.9. The molecule has 2 fully saturated rings. The molecule has 2 atom stereocenters. The third-order valence-corrected chi connectivity index (χ3v) is 4.80. The van der Waals surface area contributed by atoms with Gasteiger partial charge in [-0.3, -0.25) is 9.80 Å². The van der Waals surface area contributed by atoms with Gasteiger partial charge in [0.1, 0.15) is 0 Å². The van der Waals surface area contributed by atoms with Gasteiger partial charge in [-0.15, -0.1) is 0 Å². The van der Waals surface area contributed by atoms with E-state index in [2.05, 4.69) is 52.3 Å². The molecule has 0 N–H and O–H groups in total. The Morgan fingerprint density at radius 3 is 2.90 bits per heavy atom. The topological polar surface area (TPSA) is 15.7 Å². The van der Waals surface area contributed by atoms with Crippen LogP contribution in [-0.4, -0.2) is 62.3 Å². The smallest absolute Gasteiger partial charge is 0.0589 e. The fraction of sp³-hybridized carbons (Fsp3) is 0.556. The Kier molecular flexibility index (Phi) is 5.07. The molecule has 21 heavy (non-hydrogen) atoms. The molecular weight excluding hydrogens is 260 g/mol. The first kappa shape index (κ1) is 14.8. The van der Waals surface area contributed by atoms with E-state index >= 15 is 0 Å². The van der Waals surface area contributed by atoms with Crippen LogP contribution < -0.4 is 0 Å². The Morgan fingerprint density at radius 2 is 2.10 bits per heavy atom. The third kappa shape index (κ3) is 3.73. The molecule has 2 saturated heterocycles. The lowest BCUT2D eigenvalue weighted by Crippen LogP contribution is -2.36. The van der Waals surface area contributed by atoms with Gasteiger partial charge in [0.15, 0.2) is 0 Å². The molecule has 0 spiro atoms. The second kappa shape index (κ2) is 7.21. The van der Waals surface area contributed by atoms with Gasteiger partial charge in [-0.25, -0.2) is 0 Å². The Hall–Kier alpha value is -1.16. The first-order chi connectivity index (χ1) is 10.4. The average molecular weight is 286 g/mol. The van der Waals surface area contributed by atoms with Crippen LogP contribution in [0.15, 0.2) is 36.4 Å². The van der Waals surface area contributed by atoms with Crippen LogP contribution in [0.5, 0.6) is 0 Å². The molecule has 3 nitrogen and oxygen atoms in total. The van der Waals surface area contributed by atoms with Gasteiger partial charge in [0.2, 0.25) is 0 Å². The van der Waals surface area contributed by atoms with Crippen molar-refractivity contribution in [1.29, 1.82) is 0 Å². The molecule has 3 heteroatoms. The summed E-state index contributed by atoms with van der Waals surface area (Å²) < 4.78 is 5.20. The SMILES string of the molecule is COCCN1C[C@@H]2CCN(CC=Cc3ccccc3)[C@@H]2C1. The molecule has 2 aliphatic heterocycles. The summed E-state index contributed by atoms with van der Waals surface area (Å²) in [5, 5.41) is 0. The largest absolute Gasteiger partial charge is 0.383 e. The van der Waals surface area contributed by atoms with E-state index in [9.17, 15) is 0 Å². The molecular formula is C18H26N2O. The second-order valence-electron chi connectivity index (χ2n) is 6.18. The van der Waals surface area contributed by atoms with E-state index in [4.69, 9.17) is 4.74 Å². The number of hydrogen-bond acceptors (Lipinski definition) is 3. The van der Waals surface area contributed by atoms with Crippen molar-refractivity contribution in [2.24, 2.45) is 5.92 Å². The lowest BCUT2D eigenvalue weighted by atomic mass is 10.1. The molecule has 1 aromatic carbocycles. The molecule has 0 bridgehead atoms. The van der Waals surface area contributed by atoms with Gasteiger partial charge < -0.3 is 4.74 Å². The number of nitrogens with zero attached hydrogens (tertiary/aromatic N) is 2. The Balaban J connectivity index is 1.50. The first-order valence-corrected chi connectivity index (χ1v) is 8.04. The maximum atomic E-state index is 5.20. The van der Waals surface area contributed by atoms with E-state index in [0.29, 0.717) is 0 Å². The van der Waals surface area contributed by atoms with Crippen LogP contribution in [0.1, 0.15) is 12.0 Å². The molecule has 0 radical (unpaired) electrons. The highest BCUT2D eigenvalue weighted by Gasteiger charge is 2.40. The number of benzene rings is 1. The predicted molar refractivity (Wildman–Crippen MR) is 87.3 cm³/mol. The summed E-state index contributed by atoms with van der Waals surface area (Å²) in [5.74, 6) is 0.868. The van der Waals surface area contributed by atoms with Crippen molar-refractivity contribution in [2.45, 2.75) is 12.5 Å². The molecule has 3 rings (SSSR count). The summed E-state index contributed by atoms with van der Waals surface area (Å²) >= 11 is 0. The van der Waals surface area contributed by atoms with Gasteiger partial charge in [-0.2, -0.15) is 0 Å². The van der Waals surface area contributed by atoms with Gasteiger partial charge in [0.25, 0.3) is 0 Å². The normalized spacial score (nSPS) is 26.7. The van der Waals surface area contributed by atoms with Gasteiger partial charge in [-0.1, -0.05) is 42.5 Å². The maximum Gasteiger partial charge on any atom is 0.0589 e. The number of likely N-dealkylation sites (tertiary alicyclic amines) is 2. The van der Waals surface area contributed by atoms with Gasteiger partial charge in [-0.05, 0) is 24.4 Å². The summed E-state index contributed by atoms with van der Waals surface area (Å²) in [6, 6.07) is 11.3. The Labute approximate surface area is 128 Å². The molecule has 0 aromatic heterocycles. The van der Waals surface area contributed by atoms with Gasteiger partial charge in [0, 0.05) is 39.3 Å². The van der Waals surface area contributed by atoms with Crippen LogP contribution in [0.3, 0.4) is 0 Å². The van der Waals surface area contributed by atoms with Gasteiger partial charge >= 0.3 is 0 Å². The molecule has 1 aromatic rings. The van der Waals surface area contributed by atoms with Crippen molar-refractivity contribution in [2.75, 3.05) is 46.4 Å². The number of hydrogen-bond donors (Lipinski definition) is 0. The molecule has 0 unspecified atom stereocenters. The zero-order valence-corrected chi connectivity index (χ0v) is 12.9. The standard InChI is InChI=1S/C18H26N2O/c1-21-13-12-19-14-17-9-11-20(18(17)15-19)10-5-8-16-6-3-2-4-7-16/h2-8,17-18H,9-15H2,1H3/t17-,18+/m0/s1. The van der Waals surface area contributed by atoms with E-state index in [-0.39, 0.29) is 0 Å². The second-order valence-corrected chi connectivity index (χ2v) is 6.18. The van der Waals surface area contributed by atoms with E-state index in [1.807, 2.05) is 0 Å². The number of fused-ring (bicyclic) bond motifs is 1. The monoisotopic (exact) mass is 286 g/mol. The average Bonchev–Trinajstić information content (AvgIpc) is 3.07. The lowest BCUT2D eigenvalue weighted by Gasteiger charge is -2.23. The summed E-state index contributed by atoms with van der Waals surface area (Å²) in [7, 11) is 1.79. The van der Waals surface area contributed by atoms with E-state index in [0.717, 1.165) is 31.7 Å². The summed E-state index contributed by atoms with van der Waals surface area (Å²) in [5.41, 5.74) is 1.29. The van der Waals surface area contributed by atoms with E-state index in [1.165, 1.54) is 31.6 Å². The van der Waals surface area contributed by atoms with Crippen LogP contribution in [0.4, 0.5) is 0 Å². The molecule has 0 amide bonds. The Bertz CT molecular complexity index is 460. The molecule has 2 aliphatic rings. The van der Waals surface area contributed by atoms with Crippen molar-refractivity contribution in [3.8, 4) is 0 Å². The van der Waals surface area contributed by atoms with Crippen LogP contribution in [0.2, 0.25) is 0 Å². The predicted octanol–water partition coefficient (Wildman–Crippen LogP) is 2.35.